The lowest BCUT2D eigenvalue weighted by Gasteiger charge is -2.31. The molecule has 0 fully saturated rings. The van der Waals surface area contributed by atoms with Crippen LogP contribution in [0.1, 0.15) is 135 Å². The quantitative estimate of drug-likeness (QED) is 0.214. The van der Waals surface area contributed by atoms with Gasteiger partial charge in [-0.1, -0.05) is 124 Å². The summed E-state index contributed by atoms with van der Waals surface area (Å²) in [5.74, 6) is 1.59. The zero-order valence-electron chi connectivity index (χ0n) is 26.2. The summed E-state index contributed by atoms with van der Waals surface area (Å²) in [6.45, 7) is 19.8. The number of hydrogen-bond donors (Lipinski definition) is 1. The van der Waals surface area contributed by atoms with Gasteiger partial charge in [-0.3, -0.25) is 9.05 Å². The Bertz CT molecular complexity index is 1030. The average Bonchev–Trinajstić information content (AvgIpc) is 2.81. The highest BCUT2D eigenvalue weighted by atomic mass is 32.2. The lowest BCUT2D eigenvalue weighted by molar-refractivity contribution is 0.328. The Hall–Kier alpha value is -1.22. The minimum Gasteiger partial charge on any atom is -0.276 e. The molecule has 0 bridgehead atoms. The molecular formula is C34H54O3PS+. The number of aryl methyl sites for hydroxylation is 2. The van der Waals surface area contributed by atoms with Gasteiger partial charge in [-0.05, 0) is 60.8 Å². The van der Waals surface area contributed by atoms with Gasteiger partial charge in [0.1, 0.15) is 0 Å². The molecule has 1 aliphatic heterocycles. The van der Waals surface area contributed by atoms with Crippen molar-refractivity contribution in [3.63, 3.8) is 0 Å². The largest absolute Gasteiger partial charge is 0.495 e. The van der Waals surface area contributed by atoms with Crippen molar-refractivity contribution in [2.24, 2.45) is 0 Å². The third-order valence-corrected chi connectivity index (χ3v) is 10.4. The molecule has 0 aromatic heterocycles. The Morgan fingerprint density at radius 3 is 1.41 bits per heavy atom. The van der Waals surface area contributed by atoms with Crippen LogP contribution in [-0.4, -0.2) is 11.1 Å². The maximum atomic E-state index is 12.2. The van der Waals surface area contributed by atoms with E-state index in [0.29, 0.717) is 6.16 Å². The van der Waals surface area contributed by atoms with E-state index in [-0.39, 0.29) is 10.8 Å². The topological polar surface area (TPSA) is 38.7 Å². The SMILES string of the molecule is CCCCCCCCCCCC[P+]1(O)Oc2c(cc(C)cc2C(C)(C)C)Sc2cc(C)cc(C(C)(C)C)c2O1. The van der Waals surface area contributed by atoms with E-state index in [4.69, 9.17) is 9.05 Å². The van der Waals surface area contributed by atoms with Gasteiger partial charge in [0.25, 0.3) is 0 Å². The molecule has 0 aliphatic carbocycles. The maximum absolute atomic E-state index is 12.2. The minimum absolute atomic E-state index is 0.121. The van der Waals surface area contributed by atoms with Crippen LogP contribution < -0.4 is 9.05 Å². The molecule has 1 heterocycles. The maximum Gasteiger partial charge on any atom is 0.495 e. The van der Waals surface area contributed by atoms with Crippen LogP contribution in [0.3, 0.4) is 0 Å². The van der Waals surface area contributed by atoms with E-state index < -0.39 is 7.94 Å². The van der Waals surface area contributed by atoms with Crippen LogP contribution in [0.2, 0.25) is 0 Å². The molecule has 0 spiro atoms. The van der Waals surface area contributed by atoms with Gasteiger partial charge in [0.05, 0.1) is 9.79 Å². The first kappa shape index (κ1) is 32.3. The molecular weight excluding hydrogens is 519 g/mol. The fourth-order valence-electron chi connectivity index (χ4n) is 5.25. The van der Waals surface area contributed by atoms with Crippen molar-refractivity contribution in [2.75, 3.05) is 6.16 Å². The van der Waals surface area contributed by atoms with Gasteiger partial charge < -0.3 is 0 Å². The van der Waals surface area contributed by atoms with Crippen LogP contribution in [0.5, 0.6) is 11.5 Å². The van der Waals surface area contributed by atoms with Crippen LogP contribution in [0.4, 0.5) is 0 Å². The Morgan fingerprint density at radius 2 is 1.03 bits per heavy atom. The smallest absolute Gasteiger partial charge is 0.276 e. The van der Waals surface area contributed by atoms with Crippen LogP contribution in [0.25, 0.3) is 0 Å². The van der Waals surface area contributed by atoms with Crippen molar-refractivity contribution in [3.8, 4) is 11.5 Å². The lowest BCUT2D eigenvalue weighted by atomic mass is 9.85. The third kappa shape index (κ3) is 9.14. The summed E-state index contributed by atoms with van der Waals surface area (Å²) >= 11 is 1.71. The fourth-order valence-corrected chi connectivity index (χ4v) is 8.39. The first-order valence-corrected chi connectivity index (χ1v) is 17.8. The van der Waals surface area contributed by atoms with Gasteiger partial charge >= 0.3 is 7.94 Å². The van der Waals surface area contributed by atoms with E-state index in [9.17, 15) is 4.89 Å². The fraction of sp³-hybridized carbons (Fsp3) is 0.647. The van der Waals surface area contributed by atoms with Crippen LogP contribution in [-0.2, 0) is 10.8 Å². The number of hydrogen-bond acceptors (Lipinski definition) is 4. The minimum atomic E-state index is -3.21. The molecule has 0 amide bonds. The molecule has 39 heavy (non-hydrogen) atoms. The predicted molar refractivity (Wildman–Crippen MR) is 171 cm³/mol. The van der Waals surface area contributed by atoms with E-state index in [0.717, 1.165) is 45.3 Å². The first-order valence-electron chi connectivity index (χ1n) is 15.2. The van der Waals surface area contributed by atoms with E-state index >= 15 is 0 Å². The summed E-state index contributed by atoms with van der Waals surface area (Å²) in [4.78, 5) is 14.3. The zero-order valence-corrected chi connectivity index (χ0v) is 27.9. The summed E-state index contributed by atoms with van der Waals surface area (Å²) in [6.07, 6.45) is 13.1. The molecule has 2 aromatic rings. The number of fused-ring (bicyclic) bond motifs is 2. The van der Waals surface area contributed by atoms with Crippen molar-refractivity contribution in [1.82, 2.24) is 0 Å². The van der Waals surface area contributed by atoms with Crippen molar-refractivity contribution in [1.29, 1.82) is 0 Å². The molecule has 5 heteroatoms. The lowest BCUT2D eigenvalue weighted by Crippen LogP contribution is -2.21. The van der Waals surface area contributed by atoms with Gasteiger partial charge in [-0.2, -0.15) is 4.89 Å². The second kappa shape index (κ2) is 13.6. The Morgan fingerprint density at radius 1 is 0.641 bits per heavy atom. The third-order valence-electron chi connectivity index (χ3n) is 7.50. The van der Waals surface area contributed by atoms with Gasteiger partial charge in [-0.25, -0.2) is 0 Å². The number of unbranched alkanes of at least 4 members (excludes halogenated alkanes) is 9. The van der Waals surface area contributed by atoms with Crippen molar-refractivity contribution in [2.45, 2.75) is 147 Å². The van der Waals surface area contributed by atoms with E-state index in [1.807, 2.05) is 0 Å². The van der Waals surface area contributed by atoms with Crippen molar-refractivity contribution >= 4 is 19.7 Å². The first-order chi connectivity index (χ1) is 18.2. The Kier molecular flexibility index (Phi) is 11.3. The molecule has 0 saturated carbocycles. The van der Waals surface area contributed by atoms with Gasteiger partial charge in [0, 0.05) is 11.1 Å². The van der Waals surface area contributed by atoms with Crippen molar-refractivity contribution < 1.29 is 13.9 Å². The Balaban J connectivity index is 1.89. The zero-order chi connectivity index (χ0) is 28.8. The molecule has 2 aromatic carbocycles. The molecule has 1 N–H and O–H groups in total. The van der Waals surface area contributed by atoms with Gasteiger partial charge in [0.15, 0.2) is 17.7 Å². The highest BCUT2D eigenvalue weighted by Gasteiger charge is 2.48. The molecule has 1 aliphatic rings. The molecule has 0 radical (unpaired) electrons. The molecule has 0 unspecified atom stereocenters. The van der Waals surface area contributed by atoms with E-state index in [1.54, 1.807) is 11.8 Å². The summed E-state index contributed by atoms with van der Waals surface area (Å²) in [5, 5.41) is 0. The highest BCUT2D eigenvalue weighted by Crippen LogP contribution is 2.64. The summed E-state index contributed by atoms with van der Waals surface area (Å²) in [5.41, 5.74) is 4.42. The molecule has 3 nitrogen and oxygen atoms in total. The molecule has 218 valence electrons. The average molecular weight is 574 g/mol. The van der Waals surface area contributed by atoms with Gasteiger partial charge in [0.2, 0.25) is 0 Å². The summed E-state index contributed by atoms with van der Waals surface area (Å²) < 4.78 is 13.4. The molecule has 3 rings (SSSR count). The standard InChI is InChI=1S/C34H54O3PS/c1-10-11-12-13-14-15-16-17-18-19-20-38(35)36-31-27(33(4,5)6)21-25(2)23-29(31)39-30-24-26(3)22-28(32(30)37-38)34(7,8)9/h21-24,35H,10-20H2,1-9H3/q+1. The summed E-state index contributed by atoms with van der Waals surface area (Å²) in [7, 11) is -3.21. The Labute approximate surface area is 244 Å². The van der Waals surface area contributed by atoms with E-state index in [1.165, 1.54) is 62.5 Å². The second-order valence-corrected chi connectivity index (χ2v) is 16.8. The molecule has 0 saturated heterocycles. The highest BCUT2D eigenvalue weighted by molar-refractivity contribution is 7.99. The van der Waals surface area contributed by atoms with Crippen LogP contribution >= 0.6 is 19.7 Å². The van der Waals surface area contributed by atoms with E-state index in [2.05, 4.69) is 86.6 Å². The van der Waals surface area contributed by atoms with Crippen LogP contribution in [0.15, 0.2) is 34.1 Å². The normalized spacial score (nSPS) is 15.0. The van der Waals surface area contributed by atoms with Gasteiger partial charge in [-0.15, -0.1) is 0 Å². The van der Waals surface area contributed by atoms with Crippen molar-refractivity contribution in [3.05, 3.63) is 46.5 Å². The number of benzene rings is 2. The predicted octanol–water partition coefficient (Wildman–Crippen LogP) is 11.5. The second-order valence-electron chi connectivity index (χ2n) is 13.6. The molecule has 0 atom stereocenters. The van der Waals surface area contributed by atoms with Crippen LogP contribution in [0, 0.1) is 13.8 Å². The number of rotatable bonds is 11. The summed E-state index contributed by atoms with van der Waals surface area (Å²) in [6, 6.07) is 8.83. The monoisotopic (exact) mass is 573 g/mol.